The van der Waals surface area contributed by atoms with Crippen molar-refractivity contribution in [2.75, 3.05) is 7.11 Å². The van der Waals surface area contributed by atoms with Crippen LogP contribution in [0.15, 0.2) is 10.5 Å². The van der Waals surface area contributed by atoms with E-state index in [4.69, 9.17) is 16.3 Å². The highest BCUT2D eigenvalue weighted by molar-refractivity contribution is 9.10. The smallest absolute Gasteiger partial charge is 0.126 e. The Balaban J connectivity index is 2.17. The minimum atomic E-state index is 0.0433. The molecule has 20 heavy (non-hydrogen) atoms. The van der Waals surface area contributed by atoms with Crippen molar-refractivity contribution in [3.63, 3.8) is 0 Å². The molecule has 1 nitrogen and oxygen atoms in total. The third-order valence-corrected chi connectivity index (χ3v) is 5.79. The van der Waals surface area contributed by atoms with Crippen LogP contribution in [0.3, 0.4) is 0 Å². The van der Waals surface area contributed by atoms with Gasteiger partial charge in [0, 0.05) is 10.0 Å². The molecular weight excluding hydrogens is 336 g/mol. The molecule has 0 radical (unpaired) electrons. The zero-order valence-corrected chi connectivity index (χ0v) is 15.0. The quantitative estimate of drug-likeness (QED) is 0.558. The summed E-state index contributed by atoms with van der Waals surface area (Å²) in [6, 6.07) is 2.11. The molecule has 0 heterocycles. The molecule has 112 valence electrons. The largest absolute Gasteiger partial charge is 0.496 e. The van der Waals surface area contributed by atoms with Crippen LogP contribution in [0.2, 0.25) is 0 Å². The van der Waals surface area contributed by atoms with Crippen LogP contribution in [0.25, 0.3) is 0 Å². The fraction of sp³-hybridized carbons (Fsp3) is 0.647. The van der Waals surface area contributed by atoms with Gasteiger partial charge in [-0.05, 0) is 49.8 Å². The molecule has 0 amide bonds. The normalized spacial score (nSPS) is 17.4. The Hall–Kier alpha value is -0.210. The standard InChI is InChI=1S/C17H24BrClO/c1-11-10-14(18)12(2)16(17(11)20-3)15(19)9-8-13-6-4-5-7-13/h10,13,15H,4-9H2,1-3H3. The van der Waals surface area contributed by atoms with Crippen molar-refractivity contribution in [3.05, 3.63) is 27.2 Å². The molecule has 1 aliphatic rings. The van der Waals surface area contributed by atoms with Crippen molar-refractivity contribution >= 4 is 27.5 Å². The third-order valence-electron chi connectivity index (χ3n) is 4.53. The van der Waals surface area contributed by atoms with E-state index in [9.17, 15) is 0 Å². The fourth-order valence-electron chi connectivity index (χ4n) is 3.35. The summed E-state index contributed by atoms with van der Waals surface area (Å²) in [5.41, 5.74) is 3.52. The zero-order chi connectivity index (χ0) is 14.7. The molecule has 1 atom stereocenters. The van der Waals surface area contributed by atoms with Crippen LogP contribution in [0.5, 0.6) is 5.75 Å². The van der Waals surface area contributed by atoms with E-state index in [0.29, 0.717) is 0 Å². The van der Waals surface area contributed by atoms with Crippen LogP contribution in [0.1, 0.15) is 60.6 Å². The van der Waals surface area contributed by atoms with Crippen LogP contribution in [-0.4, -0.2) is 7.11 Å². The second-order valence-corrected chi connectivity index (χ2v) is 7.32. The predicted molar refractivity (Wildman–Crippen MR) is 90.0 cm³/mol. The van der Waals surface area contributed by atoms with E-state index in [1.165, 1.54) is 43.2 Å². The van der Waals surface area contributed by atoms with E-state index in [1.807, 2.05) is 0 Å². The van der Waals surface area contributed by atoms with Gasteiger partial charge in [-0.3, -0.25) is 0 Å². The molecule has 1 unspecified atom stereocenters. The number of methoxy groups -OCH3 is 1. The SMILES string of the molecule is COc1c(C)cc(Br)c(C)c1C(Cl)CCC1CCCC1. The number of benzene rings is 1. The molecule has 0 saturated heterocycles. The zero-order valence-electron chi connectivity index (χ0n) is 12.6. The number of rotatable bonds is 5. The van der Waals surface area contributed by atoms with Crippen LogP contribution in [0, 0.1) is 19.8 Å². The molecule has 1 fully saturated rings. The Morgan fingerprint density at radius 2 is 2.00 bits per heavy atom. The highest BCUT2D eigenvalue weighted by Crippen LogP contribution is 2.42. The lowest BCUT2D eigenvalue weighted by Gasteiger charge is -2.21. The molecule has 1 aromatic carbocycles. The van der Waals surface area contributed by atoms with E-state index in [-0.39, 0.29) is 5.38 Å². The van der Waals surface area contributed by atoms with Crippen molar-refractivity contribution in [2.24, 2.45) is 5.92 Å². The van der Waals surface area contributed by atoms with E-state index >= 15 is 0 Å². The highest BCUT2D eigenvalue weighted by atomic mass is 79.9. The summed E-state index contributed by atoms with van der Waals surface area (Å²) >= 11 is 10.3. The summed E-state index contributed by atoms with van der Waals surface area (Å²) in [6.07, 6.45) is 7.85. The van der Waals surface area contributed by atoms with Crippen LogP contribution >= 0.6 is 27.5 Å². The van der Waals surface area contributed by atoms with E-state index in [0.717, 1.165) is 28.1 Å². The summed E-state index contributed by atoms with van der Waals surface area (Å²) in [5.74, 6) is 1.84. The lowest BCUT2D eigenvalue weighted by molar-refractivity contribution is 0.402. The number of alkyl halides is 1. The number of aryl methyl sites for hydroxylation is 1. The first-order valence-electron chi connectivity index (χ1n) is 7.52. The minimum absolute atomic E-state index is 0.0433. The second kappa shape index (κ2) is 7.17. The molecule has 0 aliphatic heterocycles. The van der Waals surface area contributed by atoms with E-state index in [2.05, 4.69) is 35.8 Å². The molecule has 0 N–H and O–H groups in total. The Labute approximate surface area is 136 Å². The molecular formula is C17H24BrClO. The van der Waals surface area contributed by atoms with Gasteiger partial charge in [-0.2, -0.15) is 0 Å². The number of hydrogen-bond acceptors (Lipinski definition) is 1. The molecule has 3 heteroatoms. The lowest BCUT2D eigenvalue weighted by atomic mass is 9.94. The van der Waals surface area contributed by atoms with Gasteiger partial charge in [0.05, 0.1) is 12.5 Å². The molecule has 2 rings (SSSR count). The Morgan fingerprint density at radius 3 is 2.60 bits per heavy atom. The lowest BCUT2D eigenvalue weighted by Crippen LogP contribution is -2.04. The average molecular weight is 360 g/mol. The Bertz CT molecular complexity index is 467. The second-order valence-electron chi connectivity index (χ2n) is 5.94. The predicted octanol–water partition coefficient (Wildman–Crippen LogP) is 6.32. The van der Waals surface area contributed by atoms with Gasteiger partial charge in [0.2, 0.25) is 0 Å². The maximum absolute atomic E-state index is 6.72. The number of hydrogen-bond donors (Lipinski definition) is 0. The number of ether oxygens (including phenoxy) is 1. The fourth-order valence-corrected chi connectivity index (χ4v) is 4.29. The van der Waals surface area contributed by atoms with Crippen LogP contribution in [-0.2, 0) is 0 Å². The van der Waals surface area contributed by atoms with Gasteiger partial charge in [0.25, 0.3) is 0 Å². The van der Waals surface area contributed by atoms with Crippen molar-refractivity contribution in [2.45, 2.75) is 57.7 Å². The minimum Gasteiger partial charge on any atom is -0.496 e. The van der Waals surface area contributed by atoms with Crippen molar-refractivity contribution in [1.82, 2.24) is 0 Å². The van der Waals surface area contributed by atoms with Crippen LogP contribution < -0.4 is 4.74 Å². The topological polar surface area (TPSA) is 9.23 Å². The Morgan fingerprint density at radius 1 is 1.35 bits per heavy atom. The van der Waals surface area contributed by atoms with E-state index < -0.39 is 0 Å². The van der Waals surface area contributed by atoms with Crippen molar-refractivity contribution in [3.8, 4) is 5.75 Å². The maximum Gasteiger partial charge on any atom is 0.126 e. The maximum atomic E-state index is 6.72. The summed E-state index contributed by atoms with van der Waals surface area (Å²) in [4.78, 5) is 0. The molecule has 0 bridgehead atoms. The number of halogens is 2. The third kappa shape index (κ3) is 3.51. The first kappa shape index (κ1) is 16.2. The van der Waals surface area contributed by atoms with Crippen molar-refractivity contribution in [1.29, 1.82) is 0 Å². The summed E-state index contributed by atoms with van der Waals surface area (Å²) < 4.78 is 6.72. The van der Waals surface area contributed by atoms with Gasteiger partial charge in [0.15, 0.2) is 0 Å². The summed E-state index contributed by atoms with van der Waals surface area (Å²) in [7, 11) is 1.74. The van der Waals surface area contributed by atoms with Gasteiger partial charge >= 0.3 is 0 Å². The van der Waals surface area contributed by atoms with Crippen molar-refractivity contribution < 1.29 is 4.74 Å². The molecule has 0 aromatic heterocycles. The molecule has 0 spiro atoms. The summed E-state index contributed by atoms with van der Waals surface area (Å²) in [6.45, 7) is 4.19. The highest BCUT2D eigenvalue weighted by Gasteiger charge is 2.22. The first-order valence-corrected chi connectivity index (χ1v) is 8.75. The van der Waals surface area contributed by atoms with Gasteiger partial charge in [-0.25, -0.2) is 0 Å². The van der Waals surface area contributed by atoms with Gasteiger partial charge in [-0.15, -0.1) is 11.6 Å². The van der Waals surface area contributed by atoms with Gasteiger partial charge in [-0.1, -0.05) is 41.6 Å². The van der Waals surface area contributed by atoms with Crippen LogP contribution in [0.4, 0.5) is 0 Å². The molecule has 1 saturated carbocycles. The summed E-state index contributed by atoms with van der Waals surface area (Å²) in [5, 5.41) is 0.0433. The first-order chi connectivity index (χ1) is 9.54. The van der Waals surface area contributed by atoms with Gasteiger partial charge in [0.1, 0.15) is 5.75 Å². The molecule has 1 aliphatic carbocycles. The monoisotopic (exact) mass is 358 g/mol. The Kier molecular flexibility index (Phi) is 5.80. The molecule has 1 aromatic rings. The van der Waals surface area contributed by atoms with E-state index in [1.54, 1.807) is 7.11 Å². The average Bonchev–Trinajstić information content (AvgIpc) is 2.93. The van der Waals surface area contributed by atoms with Gasteiger partial charge < -0.3 is 4.74 Å².